The fraction of sp³-hybridized carbons (Fsp3) is 0.240. The average molecular weight is 521 g/mol. The lowest BCUT2D eigenvalue weighted by Crippen LogP contribution is -2.59. The van der Waals surface area contributed by atoms with E-state index in [0.29, 0.717) is 5.56 Å². The normalized spacial score (nSPS) is 13.5. The molecule has 0 aromatic heterocycles. The SMILES string of the molecule is C=CN=C/C(=C\N)C(=O)N[C@](C)(CO)C(=O)NCc1ccc(Oc2ccc(OC)cc2C(F)(F)F)cc1. The Morgan fingerprint density at radius 2 is 1.81 bits per heavy atom. The van der Waals surface area contributed by atoms with Crippen LogP contribution in [0.3, 0.4) is 0 Å². The third kappa shape index (κ3) is 7.84. The number of nitrogens with zero attached hydrogens (tertiary/aromatic N) is 1. The summed E-state index contributed by atoms with van der Waals surface area (Å²) in [6, 6.07) is 9.32. The largest absolute Gasteiger partial charge is 0.497 e. The fourth-order valence-electron chi connectivity index (χ4n) is 2.93. The Hall–Kier alpha value is -4.32. The van der Waals surface area contributed by atoms with E-state index in [9.17, 15) is 27.9 Å². The summed E-state index contributed by atoms with van der Waals surface area (Å²) in [7, 11) is 1.26. The van der Waals surface area contributed by atoms with Crippen LogP contribution in [0.1, 0.15) is 18.1 Å². The van der Waals surface area contributed by atoms with Crippen LogP contribution in [0.5, 0.6) is 17.2 Å². The maximum atomic E-state index is 13.4. The molecule has 2 amide bonds. The number of methoxy groups -OCH3 is 1. The van der Waals surface area contributed by atoms with Crippen LogP contribution in [0.2, 0.25) is 0 Å². The number of aliphatic hydroxyl groups excluding tert-OH is 1. The molecule has 0 spiro atoms. The van der Waals surface area contributed by atoms with Gasteiger partial charge >= 0.3 is 6.18 Å². The second kappa shape index (κ2) is 12.6. The Labute approximate surface area is 211 Å². The molecule has 0 radical (unpaired) electrons. The zero-order valence-corrected chi connectivity index (χ0v) is 20.1. The molecular formula is C25H27F3N4O5. The topological polar surface area (TPSA) is 135 Å². The minimum absolute atomic E-state index is 0.00157. The summed E-state index contributed by atoms with van der Waals surface area (Å²) in [5, 5.41) is 14.7. The first-order valence-electron chi connectivity index (χ1n) is 10.8. The van der Waals surface area contributed by atoms with Crippen molar-refractivity contribution in [3.05, 3.63) is 78.1 Å². The molecule has 2 aromatic rings. The van der Waals surface area contributed by atoms with Gasteiger partial charge in [-0.15, -0.1) is 0 Å². The van der Waals surface area contributed by atoms with Gasteiger partial charge in [-0.05, 0) is 42.8 Å². The predicted molar refractivity (Wildman–Crippen MR) is 131 cm³/mol. The Morgan fingerprint density at radius 1 is 1.16 bits per heavy atom. The van der Waals surface area contributed by atoms with Crippen molar-refractivity contribution in [1.82, 2.24) is 10.6 Å². The molecule has 0 unspecified atom stereocenters. The van der Waals surface area contributed by atoms with E-state index in [1.54, 1.807) is 12.1 Å². The molecule has 0 heterocycles. The van der Waals surface area contributed by atoms with E-state index in [2.05, 4.69) is 22.2 Å². The number of hydrogen-bond donors (Lipinski definition) is 4. The summed E-state index contributed by atoms with van der Waals surface area (Å²) in [5.74, 6) is -1.64. The third-order valence-corrected chi connectivity index (χ3v) is 5.06. The third-order valence-electron chi connectivity index (χ3n) is 5.06. The smallest absolute Gasteiger partial charge is 0.420 e. The second-order valence-electron chi connectivity index (χ2n) is 7.82. The van der Waals surface area contributed by atoms with Gasteiger partial charge in [-0.3, -0.25) is 14.6 Å². The monoisotopic (exact) mass is 520 g/mol. The van der Waals surface area contributed by atoms with Crippen LogP contribution in [0, 0.1) is 0 Å². The van der Waals surface area contributed by atoms with Crippen molar-refractivity contribution in [2.75, 3.05) is 13.7 Å². The lowest BCUT2D eigenvalue weighted by atomic mass is 10.0. The standard InChI is InChI=1S/C25H27F3N4O5/c1-4-30-14-17(12-29)22(34)32-24(2,15-33)23(35)31-13-16-5-7-18(8-6-16)37-21-10-9-19(36-3)11-20(21)25(26,27)28/h4-12,14,33H,1,13,15,29H2,2-3H3,(H,31,35)(H,32,34)/b17-12+,30-14?/t24-/m1/s1. The van der Waals surface area contributed by atoms with Gasteiger partial charge in [0.25, 0.3) is 5.91 Å². The first kappa shape index (κ1) is 28.9. The van der Waals surface area contributed by atoms with E-state index in [0.717, 1.165) is 24.5 Å². The van der Waals surface area contributed by atoms with Crippen LogP contribution in [-0.2, 0) is 22.3 Å². The molecule has 0 aliphatic heterocycles. The molecule has 9 nitrogen and oxygen atoms in total. The second-order valence-corrected chi connectivity index (χ2v) is 7.82. The van der Waals surface area contributed by atoms with Crippen molar-refractivity contribution < 1.29 is 37.3 Å². The fourth-order valence-corrected chi connectivity index (χ4v) is 2.93. The molecular weight excluding hydrogens is 493 g/mol. The summed E-state index contributed by atoms with van der Waals surface area (Å²) in [5.41, 5.74) is 3.27. The number of aliphatic hydroxyl groups is 1. The number of hydrogen-bond acceptors (Lipinski definition) is 7. The number of carbonyl (C=O) groups is 2. The van der Waals surface area contributed by atoms with Gasteiger partial charge in [-0.25, -0.2) is 0 Å². The quantitative estimate of drug-likeness (QED) is 0.266. The van der Waals surface area contributed by atoms with Crippen molar-refractivity contribution in [3.8, 4) is 17.2 Å². The molecule has 37 heavy (non-hydrogen) atoms. The summed E-state index contributed by atoms with van der Waals surface area (Å²) < 4.78 is 50.5. The number of nitrogens with two attached hydrogens (primary N) is 1. The number of halogens is 3. The van der Waals surface area contributed by atoms with Crippen LogP contribution in [0.15, 0.2) is 72.0 Å². The van der Waals surface area contributed by atoms with Gasteiger partial charge in [0, 0.05) is 25.2 Å². The number of alkyl halides is 3. The highest BCUT2D eigenvalue weighted by Crippen LogP contribution is 2.40. The Bertz CT molecular complexity index is 1180. The van der Waals surface area contributed by atoms with Gasteiger partial charge in [0.2, 0.25) is 5.91 Å². The molecule has 2 aromatic carbocycles. The highest BCUT2D eigenvalue weighted by molar-refractivity contribution is 6.13. The van der Waals surface area contributed by atoms with Gasteiger partial charge in [0.1, 0.15) is 28.4 Å². The zero-order valence-electron chi connectivity index (χ0n) is 20.1. The summed E-state index contributed by atoms with van der Waals surface area (Å²) in [6.07, 6.45) is -1.32. The number of nitrogens with one attached hydrogen (secondary N) is 2. The zero-order chi connectivity index (χ0) is 27.6. The highest BCUT2D eigenvalue weighted by atomic mass is 19.4. The van der Waals surface area contributed by atoms with Gasteiger partial charge in [-0.1, -0.05) is 18.7 Å². The van der Waals surface area contributed by atoms with Crippen molar-refractivity contribution in [2.24, 2.45) is 10.7 Å². The first-order chi connectivity index (χ1) is 17.5. The van der Waals surface area contributed by atoms with E-state index in [4.69, 9.17) is 15.2 Å². The van der Waals surface area contributed by atoms with E-state index >= 15 is 0 Å². The maximum absolute atomic E-state index is 13.4. The number of aliphatic imine (C=N–C) groups is 1. The van der Waals surface area contributed by atoms with Gasteiger partial charge in [0.05, 0.1) is 19.3 Å². The van der Waals surface area contributed by atoms with Crippen molar-refractivity contribution >= 4 is 18.0 Å². The summed E-state index contributed by atoms with van der Waals surface area (Å²) in [4.78, 5) is 28.8. The van der Waals surface area contributed by atoms with E-state index < -0.39 is 41.4 Å². The molecule has 0 fully saturated rings. The molecule has 0 aliphatic rings. The van der Waals surface area contributed by atoms with Crippen LogP contribution in [0.25, 0.3) is 0 Å². The molecule has 198 valence electrons. The molecule has 0 bridgehead atoms. The van der Waals surface area contributed by atoms with Crippen molar-refractivity contribution in [3.63, 3.8) is 0 Å². The van der Waals surface area contributed by atoms with Crippen LogP contribution in [0.4, 0.5) is 13.2 Å². The Balaban J connectivity index is 2.07. The highest BCUT2D eigenvalue weighted by Gasteiger charge is 2.36. The van der Waals surface area contributed by atoms with Crippen LogP contribution < -0.4 is 25.8 Å². The Morgan fingerprint density at radius 3 is 2.35 bits per heavy atom. The molecule has 0 saturated carbocycles. The van der Waals surface area contributed by atoms with Gasteiger partial charge in [-0.2, -0.15) is 13.2 Å². The average Bonchev–Trinajstić information content (AvgIpc) is 2.88. The minimum Gasteiger partial charge on any atom is -0.497 e. The molecule has 1 atom stereocenters. The van der Waals surface area contributed by atoms with Crippen molar-refractivity contribution in [1.29, 1.82) is 0 Å². The minimum atomic E-state index is -4.65. The summed E-state index contributed by atoms with van der Waals surface area (Å²) in [6.45, 7) is 3.99. The van der Waals surface area contributed by atoms with E-state index in [-0.39, 0.29) is 23.6 Å². The number of rotatable bonds is 11. The molecule has 0 aliphatic carbocycles. The number of amides is 2. The lowest BCUT2D eigenvalue weighted by molar-refractivity contribution is -0.138. The predicted octanol–water partition coefficient (Wildman–Crippen LogP) is 3.05. The van der Waals surface area contributed by atoms with Crippen LogP contribution in [-0.4, -0.2) is 42.4 Å². The van der Waals surface area contributed by atoms with Gasteiger partial charge < -0.3 is 30.9 Å². The van der Waals surface area contributed by atoms with Crippen molar-refractivity contribution in [2.45, 2.75) is 25.2 Å². The Kier molecular flexibility index (Phi) is 9.83. The molecule has 2 rings (SSSR count). The van der Waals surface area contributed by atoms with Gasteiger partial charge in [0.15, 0.2) is 0 Å². The first-order valence-corrected chi connectivity index (χ1v) is 10.8. The number of ether oxygens (including phenoxy) is 2. The number of benzene rings is 2. The molecule has 0 saturated heterocycles. The van der Waals surface area contributed by atoms with E-state index in [1.165, 1.54) is 38.4 Å². The van der Waals surface area contributed by atoms with E-state index in [1.807, 2.05) is 0 Å². The molecule has 12 heteroatoms. The number of carbonyl (C=O) groups excluding carboxylic acids is 2. The maximum Gasteiger partial charge on any atom is 0.420 e. The summed E-state index contributed by atoms with van der Waals surface area (Å²) >= 11 is 0. The lowest BCUT2D eigenvalue weighted by Gasteiger charge is -2.27. The molecule has 5 N–H and O–H groups in total. The van der Waals surface area contributed by atoms with Crippen LogP contribution >= 0.6 is 0 Å².